The van der Waals surface area contributed by atoms with Gasteiger partial charge in [0, 0.05) is 12.2 Å². The summed E-state index contributed by atoms with van der Waals surface area (Å²) in [5.74, 6) is -2.58. The van der Waals surface area contributed by atoms with Gasteiger partial charge < -0.3 is 15.2 Å². The van der Waals surface area contributed by atoms with Crippen LogP contribution in [-0.2, 0) is 14.3 Å². The molecule has 104 valence electrons. The van der Waals surface area contributed by atoms with E-state index in [1.165, 1.54) is 7.11 Å². The second-order valence-corrected chi connectivity index (χ2v) is 4.55. The summed E-state index contributed by atoms with van der Waals surface area (Å²) in [6.45, 7) is 1.56. The van der Waals surface area contributed by atoms with Crippen molar-refractivity contribution in [1.29, 1.82) is 5.26 Å². The Morgan fingerprint density at radius 2 is 2.05 bits per heavy atom. The predicted molar refractivity (Wildman–Crippen MR) is 70.5 cm³/mol. The molecule has 0 saturated carbocycles. The molecule has 2 N–H and O–H groups in total. The normalized spacial score (nSPS) is 10.1. The standard InChI is InChI=1S/C12H10N2O5S/c1-6-7(5-13)11(20-10(6)12(18)19-2)14-8(15)3-4-9(16)17/h3-4H,1-2H3,(H,14,15)(H,16,17)/b4-3+. The number of hydrogen-bond acceptors (Lipinski definition) is 6. The molecule has 0 saturated heterocycles. The second-order valence-electron chi connectivity index (χ2n) is 3.52. The summed E-state index contributed by atoms with van der Waals surface area (Å²) in [5, 5.41) is 20.0. The van der Waals surface area contributed by atoms with E-state index < -0.39 is 17.8 Å². The van der Waals surface area contributed by atoms with Gasteiger partial charge in [-0.1, -0.05) is 0 Å². The smallest absolute Gasteiger partial charge is 0.348 e. The van der Waals surface area contributed by atoms with Crippen LogP contribution < -0.4 is 5.32 Å². The first-order valence-corrected chi connectivity index (χ1v) is 6.06. The fourth-order valence-corrected chi connectivity index (χ4v) is 2.40. The highest BCUT2D eigenvalue weighted by atomic mass is 32.1. The molecule has 0 atom stereocenters. The summed E-state index contributed by atoms with van der Waals surface area (Å²) in [6.07, 6.45) is 1.49. The van der Waals surface area contributed by atoms with Crippen LogP contribution in [0.4, 0.5) is 5.00 Å². The van der Waals surface area contributed by atoms with Gasteiger partial charge in [-0.05, 0) is 12.5 Å². The molecule has 0 aromatic carbocycles. The molecule has 7 nitrogen and oxygen atoms in total. The summed E-state index contributed by atoms with van der Waals surface area (Å²) >= 11 is 0.896. The maximum Gasteiger partial charge on any atom is 0.348 e. The summed E-state index contributed by atoms with van der Waals surface area (Å²) in [5.41, 5.74) is 0.550. The summed E-state index contributed by atoms with van der Waals surface area (Å²) in [7, 11) is 1.21. The number of nitrogens with zero attached hydrogens (tertiary/aromatic N) is 1. The molecule has 1 aromatic heterocycles. The Kier molecular flexibility index (Phi) is 5.00. The number of carbonyl (C=O) groups is 3. The lowest BCUT2D eigenvalue weighted by atomic mass is 10.2. The first-order valence-electron chi connectivity index (χ1n) is 5.24. The Hall–Kier alpha value is -2.66. The fraction of sp³-hybridized carbons (Fsp3) is 0.167. The van der Waals surface area contributed by atoms with Gasteiger partial charge in [-0.3, -0.25) is 4.79 Å². The average Bonchev–Trinajstić information content (AvgIpc) is 2.71. The molecule has 0 bridgehead atoms. The number of rotatable bonds is 4. The molecule has 1 rings (SSSR count). The van der Waals surface area contributed by atoms with Gasteiger partial charge in [-0.2, -0.15) is 5.26 Å². The van der Waals surface area contributed by atoms with E-state index in [0.717, 1.165) is 17.4 Å². The zero-order valence-corrected chi connectivity index (χ0v) is 11.4. The van der Waals surface area contributed by atoms with Crippen LogP contribution in [0.15, 0.2) is 12.2 Å². The van der Waals surface area contributed by atoms with Crippen molar-refractivity contribution in [2.24, 2.45) is 0 Å². The van der Waals surface area contributed by atoms with Gasteiger partial charge in [0.1, 0.15) is 15.9 Å². The van der Waals surface area contributed by atoms with E-state index >= 15 is 0 Å². The molecule has 8 heteroatoms. The average molecular weight is 294 g/mol. The quantitative estimate of drug-likeness (QED) is 0.638. The van der Waals surface area contributed by atoms with Crippen molar-refractivity contribution in [2.45, 2.75) is 6.92 Å². The van der Waals surface area contributed by atoms with Gasteiger partial charge in [0.2, 0.25) is 5.91 Å². The number of carboxylic acids is 1. The number of methoxy groups -OCH3 is 1. The molecule has 0 aliphatic rings. The maximum atomic E-state index is 11.5. The van der Waals surface area contributed by atoms with E-state index in [9.17, 15) is 14.4 Å². The predicted octanol–water partition coefficient (Wildman–Crippen LogP) is 1.29. The van der Waals surface area contributed by atoms with Gasteiger partial charge in [-0.15, -0.1) is 11.3 Å². The van der Waals surface area contributed by atoms with Crippen molar-refractivity contribution >= 4 is 34.2 Å². The molecule has 0 fully saturated rings. The minimum Gasteiger partial charge on any atom is -0.478 e. The van der Waals surface area contributed by atoms with Crippen molar-refractivity contribution < 1.29 is 24.2 Å². The number of nitrogens with one attached hydrogen (secondary N) is 1. The first-order chi connectivity index (χ1) is 9.40. The lowest BCUT2D eigenvalue weighted by Crippen LogP contribution is -2.08. The van der Waals surface area contributed by atoms with Gasteiger partial charge >= 0.3 is 11.9 Å². The van der Waals surface area contributed by atoms with Gasteiger partial charge in [-0.25, -0.2) is 9.59 Å². The highest BCUT2D eigenvalue weighted by Crippen LogP contribution is 2.32. The lowest BCUT2D eigenvalue weighted by Gasteiger charge is -1.98. The van der Waals surface area contributed by atoms with Crippen LogP contribution in [0.2, 0.25) is 0 Å². The monoisotopic (exact) mass is 294 g/mol. The third-order valence-corrected chi connectivity index (χ3v) is 3.43. The third-order valence-electron chi connectivity index (χ3n) is 2.24. The highest BCUT2D eigenvalue weighted by molar-refractivity contribution is 7.18. The Morgan fingerprint density at radius 1 is 1.40 bits per heavy atom. The summed E-state index contributed by atoms with van der Waals surface area (Å²) < 4.78 is 4.57. The highest BCUT2D eigenvalue weighted by Gasteiger charge is 2.21. The minimum absolute atomic E-state index is 0.146. The van der Waals surface area contributed by atoms with Crippen molar-refractivity contribution in [3.05, 3.63) is 28.2 Å². The first kappa shape index (κ1) is 15.4. The molecule has 0 aliphatic carbocycles. The van der Waals surface area contributed by atoms with E-state index in [1.807, 2.05) is 6.07 Å². The number of carbonyl (C=O) groups excluding carboxylic acids is 2. The number of ether oxygens (including phenoxy) is 1. The van der Waals surface area contributed by atoms with E-state index in [-0.39, 0.29) is 15.4 Å². The lowest BCUT2D eigenvalue weighted by molar-refractivity contribution is -0.131. The number of nitriles is 1. The number of esters is 1. The van der Waals surface area contributed by atoms with Crippen LogP contribution in [0, 0.1) is 18.3 Å². The van der Waals surface area contributed by atoms with Crippen molar-refractivity contribution in [1.82, 2.24) is 0 Å². The Morgan fingerprint density at radius 3 is 2.55 bits per heavy atom. The summed E-state index contributed by atoms with van der Waals surface area (Å²) in [4.78, 5) is 33.5. The topological polar surface area (TPSA) is 116 Å². The van der Waals surface area contributed by atoms with E-state index in [0.29, 0.717) is 11.6 Å². The largest absolute Gasteiger partial charge is 0.478 e. The van der Waals surface area contributed by atoms with Gasteiger partial charge in [0.05, 0.1) is 12.7 Å². The molecule has 0 spiro atoms. The van der Waals surface area contributed by atoms with E-state index in [4.69, 9.17) is 10.4 Å². The molecule has 20 heavy (non-hydrogen) atoms. The fourth-order valence-electron chi connectivity index (χ4n) is 1.32. The summed E-state index contributed by atoms with van der Waals surface area (Å²) in [6, 6.07) is 1.88. The van der Waals surface area contributed by atoms with E-state index in [2.05, 4.69) is 10.1 Å². The third kappa shape index (κ3) is 3.43. The molecule has 1 heterocycles. The number of amides is 1. The SMILES string of the molecule is COC(=O)c1sc(NC(=O)/C=C/C(=O)O)c(C#N)c1C. The molecule has 1 amide bonds. The molecule has 1 aromatic rings. The minimum atomic E-state index is -1.27. The number of thiophene rings is 1. The van der Waals surface area contributed by atoms with Crippen LogP contribution in [0.25, 0.3) is 0 Å². The van der Waals surface area contributed by atoms with E-state index in [1.54, 1.807) is 6.92 Å². The zero-order valence-electron chi connectivity index (χ0n) is 10.6. The van der Waals surface area contributed by atoms with Gasteiger partial charge in [0.25, 0.3) is 0 Å². The van der Waals surface area contributed by atoms with Crippen LogP contribution >= 0.6 is 11.3 Å². The Labute approximate surface area is 118 Å². The van der Waals surface area contributed by atoms with Crippen LogP contribution in [0.5, 0.6) is 0 Å². The van der Waals surface area contributed by atoms with Crippen LogP contribution in [0.1, 0.15) is 20.8 Å². The molecular weight excluding hydrogens is 284 g/mol. The van der Waals surface area contributed by atoms with Gasteiger partial charge in [0.15, 0.2) is 0 Å². The van der Waals surface area contributed by atoms with Crippen molar-refractivity contribution in [3.63, 3.8) is 0 Å². The molecular formula is C12H10N2O5S. The zero-order chi connectivity index (χ0) is 15.3. The second kappa shape index (κ2) is 6.49. The van der Waals surface area contributed by atoms with Crippen molar-refractivity contribution in [3.8, 4) is 6.07 Å². The number of carboxylic acid groups (broad SMARTS) is 1. The number of hydrogen-bond donors (Lipinski definition) is 2. The molecule has 0 unspecified atom stereocenters. The Bertz CT molecular complexity index is 639. The Balaban J connectivity index is 3.08. The number of aliphatic carboxylic acids is 1. The molecule has 0 radical (unpaired) electrons. The van der Waals surface area contributed by atoms with Crippen molar-refractivity contribution in [2.75, 3.05) is 12.4 Å². The molecule has 0 aliphatic heterocycles. The maximum absolute atomic E-state index is 11.5. The number of anilines is 1. The van der Waals surface area contributed by atoms with Crippen LogP contribution in [0.3, 0.4) is 0 Å². The van der Waals surface area contributed by atoms with Crippen LogP contribution in [-0.4, -0.2) is 30.1 Å².